The zero-order valence-electron chi connectivity index (χ0n) is 11.3. The van der Waals surface area contributed by atoms with Gasteiger partial charge in [0.2, 0.25) is 0 Å². The molecule has 104 valence electrons. The summed E-state index contributed by atoms with van der Waals surface area (Å²) in [4.78, 5) is 3.13. The predicted molar refractivity (Wildman–Crippen MR) is 80.0 cm³/mol. The number of aromatic amines is 1. The second kappa shape index (κ2) is 5.78. The van der Waals surface area contributed by atoms with Gasteiger partial charge >= 0.3 is 0 Å². The minimum absolute atomic E-state index is 0.636. The summed E-state index contributed by atoms with van der Waals surface area (Å²) < 4.78 is 8.36. The molecule has 0 bridgehead atoms. The van der Waals surface area contributed by atoms with Crippen LogP contribution in [0, 0.1) is 22.0 Å². The van der Waals surface area contributed by atoms with Crippen molar-refractivity contribution in [1.82, 2.24) is 9.55 Å². The maximum atomic E-state index is 9.11. The molecule has 0 saturated heterocycles. The summed E-state index contributed by atoms with van der Waals surface area (Å²) in [5, 5.41) is 9.11. The number of aromatic nitrogens is 2. The largest absolute Gasteiger partial charge is 0.381 e. The number of benzene rings is 1. The highest BCUT2D eigenvalue weighted by Gasteiger charge is 2.20. The quantitative estimate of drug-likeness (QED) is 0.654. The Morgan fingerprint density at radius 1 is 1.45 bits per heavy atom. The second-order valence-electron chi connectivity index (χ2n) is 5.27. The molecule has 1 aromatic heterocycles. The van der Waals surface area contributed by atoms with Gasteiger partial charge in [0.25, 0.3) is 0 Å². The Morgan fingerprint density at radius 2 is 2.30 bits per heavy atom. The van der Waals surface area contributed by atoms with Crippen molar-refractivity contribution in [3.63, 3.8) is 0 Å². The monoisotopic (exact) mass is 287 g/mol. The van der Waals surface area contributed by atoms with E-state index in [1.165, 1.54) is 12.8 Å². The molecule has 1 aliphatic rings. The molecule has 1 N–H and O–H groups in total. The lowest BCUT2D eigenvalue weighted by molar-refractivity contribution is 0.119. The molecule has 2 aromatic rings. The fraction of sp³-hybridized carbons (Fsp3) is 0.467. The lowest BCUT2D eigenvalue weighted by Gasteiger charge is -2.05. The summed E-state index contributed by atoms with van der Waals surface area (Å²) in [6.45, 7) is 2.49. The number of aryl methyl sites for hydroxylation is 1. The number of nitrogens with zero attached hydrogens (tertiary/aromatic N) is 2. The van der Waals surface area contributed by atoms with Crippen molar-refractivity contribution in [1.29, 1.82) is 5.26 Å². The van der Waals surface area contributed by atoms with E-state index < -0.39 is 0 Å². The van der Waals surface area contributed by atoms with Gasteiger partial charge in [-0.3, -0.25) is 0 Å². The average Bonchev–Trinajstić information content (AvgIpc) is 3.22. The van der Waals surface area contributed by atoms with E-state index in [0.29, 0.717) is 10.3 Å². The molecule has 1 aliphatic carbocycles. The molecule has 0 atom stereocenters. The Balaban J connectivity index is 1.69. The number of ether oxygens (including phenoxy) is 1. The maximum absolute atomic E-state index is 9.11. The summed E-state index contributed by atoms with van der Waals surface area (Å²) in [5.74, 6) is 0.809. The van der Waals surface area contributed by atoms with Crippen molar-refractivity contribution in [2.45, 2.75) is 25.8 Å². The van der Waals surface area contributed by atoms with Gasteiger partial charge in [-0.1, -0.05) is 6.07 Å². The molecule has 0 unspecified atom stereocenters. The number of para-hydroxylation sites is 1. The van der Waals surface area contributed by atoms with Crippen molar-refractivity contribution in [3.05, 3.63) is 28.5 Å². The van der Waals surface area contributed by atoms with Crippen LogP contribution in [0.15, 0.2) is 18.2 Å². The first-order valence-electron chi connectivity index (χ1n) is 6.99. The van der Waals surface area contributed by atoms with Gasteiger partial charge in [-0.2, -0.15) is 5.26 Å². The second-order valence-corrected chi connectivity index (χ2v) is 5.65. The van der Waals surface area contributed by atoms with Crippen LogP contribution >= 0.6 is 12.2 Å². The van der Waals surface area contributed by atoms with Gasteiger partial charge in [-0.25, -0.2) is 0 Å². The third-order valence-electron chi connectivity index (χ3n) is 3.65. The standard InChI is InChI=1S/C15H17N3OS/c16-9-12-3-1-4-13-14(12)17-15(20)18(13)7-2-8-19-10-11-5-6-11/h1,3-4,11H,2,5-8,10H2,(H,17,20). The van der Waals surface area contributed by atoms with E-state index in [4.69, 9.17) is 22.2 Å². The summed E-state index contributed by atoms with van der Waals surface area (Å²) in [7, 11) is 0. The molecular formula is C15H17N3OS. The topological polar surface area (TPSA) is 53.7 Å². The van der Waals surface area contributed by atoms with Gasteiger partial charge in [-0.05, 0) is 49.5 Å². The highest BCUT2D eigenvalue weighted by Crippen LogP contribution is 2.28. The maximum Gasteiger partial charge on any atom is 0.178 e. The molecule has 3 rings (SSSR count). The Kier molecular flexibility index (Phi) is 3.86. The normalized spacial score (nSPS) is 14.6. The van der Waals surface area contributed by atoms with E-state index in [9.17, 15) is 0 Å². The Hall–Kier alpha value is -1.64. The minimum Gasteiger partial charge on any atom is -0.381 e. The third kappa shape index (κ3) is 2.77. The van der Waals surface area contributed by atoms with E-state index >= 15 is 0 Å². The molecule has 4 nitrogen and oxygen atoms in total. The molecule has 1 saturated carbocycles. The lowest BCUT2D eigenvalue weighted by Crippen LogP contribution is -2.04. The number of nitrogens with one attached hydrogen (secondary N) is 1. The smallest absolute Gasteiger partial charge is 0.178 e. The summed E-state index contributed by atoms with van der Waals surface area (Å²) >= 11 is 5.35. The molecule has 1 heterocycles. The van der Waals surface area contributed by atoms with E-state index in [0.717, 1.165) is 43.1 Å². The highest BCUT2D eigenvalue weighted by molar-refractivity contribution is 7.71. The van der Waals surface area contributed by atoms with E-state index in [1.807, 2.05) is 16.7 Å². The van der Waals surface area contributed by atoms with Crippen molar-refractivity contribution in [2.75, 3.05) is 13.2 Å². The number of hydrogen-bond acceptors (Lipinski definition) is 3. The van der Waals surface area contributed by atoms with Crippen LogP contribution in [0.3, 0.4) is 0 Å². The zero-order chi connectivity index (χ0) is 13.9. The summed E-state index contributed by atoms with van der Waals surface area (Å²) in [6.07, 6.45) is 3.58. The molecular weight excluding hydrogens is 270 g/mol. The van der Waals surface area contributed by atoms with E-state index in [2.05, 4.69) is 11.1 Å². The average molecular weight is 287 g/mol. The van der Waals surface area contributed by atoms with Crippen LogP contribution in [0.1, 0.15) is 24.8 Å². The fourth-order valence-electron chi connectivity index (χ4n) is 2.35. The van der Waals surface area contributed by atoms with Crippen LogP contribution in [0.5, 0.6) is 0 Å². The van der Waals surface area contributed by atoms with Crippen LogP contribution in [0.25, 0.3) is 11.0 Å². The number of rotatable bonds is 6. The molecule has 5 heteroatoms. The first-order chi connectivity index (χ1) is 9.79. The van der Waals surface area contributed by atoms with Crippen molar-refractivity contribution >= 4 is 23.3 Å². The van der Waals surface area contributed by atoms with Crippen molar-refractivity contribution in [2.24, 2.45) is 5.92 Å². The van der Waals surface area contributed by atoms with Crippen LogP contribution in [-0.2, 0) is 11.3 Å². The molecule has 20 heavy (non-hydrogen) atoms. The van der Waals surface area contributed by atoms with E-state index in [1.54, 1.807) is 6.07 Å². The number of hydrogen-bond donors (Lipinski definition) is 1. The minimum atomic E-state index is 0.636. The first kappa shape index (κ1) is 13.3. The zero-order valence-corrected chi connectivity index (χ0v) is 12.1. The van der Waals surface area contributed by atoms with Crippen molar-refractivity contribution < 1.29 is 4.74 Å². The number of fused-ring (bicyclic) bond motifs is 1. The Morgan fingerprint density at radius 3 is 3.05 bits per heavy atom. The number of nitriles is 1. The Labute approximate surface area is 123 Å². The highest BCUT2D eigenvalue weighted by atomic mass is 32.1. The third-order valence-corrected chi connectivity index (χ3v) is 3.97. The van der Waals surface area contributed by atoms with Gasteiger partial charge < -0.3 is 14.3 Å². The fourth-order valence-corrected chi connectivity index (χ4v) is 2.65. The molecule has 1 fully saturated rings. The van der Waals surface area contributed by atoms with Gasteiger partial charge in [0.15, 0.2) is 4.77 Å². The van der Waals surface area contributed by atoms with Crippen LogP contribution in [-0.4, -0.2) is 22.8 Å². The first-order valence-corrected chi connectivity index (χ1v) is 7.40. The molecule has 1 aromatic carbocycles. The predicted octanol–water partition coefficient (Wildman–Crippen LogP) is 3.39. The molecule has 0 aliphatic heterocycles. The van der Waals surface area contributed by atoms with Crippen LogP contribution in [0.2, 0.25) is 0 Å². The number of H-pyrrole nitrogens is 1. The van der Waals surface area contributed by atoms with Crippen molar-refractivity contribution in [3.8, 4) is 6.07 Å². The molecule has 0 spiro atoms. The van der Waals surface area contributed by atoms with Gasteiger partial charge in [0.1, 0.15) is 6.07 Å². The summed E-state index contributed by atoms with van der Waals surface area (Å²) in [6, 6.07) is 7.88. The number of imidazole rings is 1. The SMILES string of the molecule is N#Cc1cccc2c1[nH]c(=S)n2CCCOCC1CC1. The summed E-state index contributed by atoms with van der Waals surface area (Å²) in [5.41, 5.74) is 2.47. The van der Waals surface area contributed by atoms with Gasteiger partial charge in [0.05, 0.1) is 16.6 Å². The van der Waals surface area contributed by atoms with Gasteiger partial charge in [0, 0.05) is 19.8 Å². The molecule has 0 radical (unpaired) electrons. The van der Waals surface area contributed by atoms with E-state index in [-0.39, 0.29) is 0 Å². The van der Waals surface area contributed by atoms with Gasteiger partial charge in [-0.15, -0.1) is 0 Å². The van der Waals surface area contributed by atoms with Crippen LogP contribution < -0.4 is 0 Å². The van der Waals surface area contributed by atoms with Crippen LogP contribution in [0.4, 0.5) is 0 Å². The molecule has 0 amide bonds. The lowest BCUT2D eigenvalue weighted by atomic mass is 10.2. The Bertz CT molecular complexity index is 706.